The molecule has 0 aromatic heterocycles. The molecule has 0 heterocycles. The number of nitrogens with zero attached hydrogens (tertiary/aromatic N) is 1. The molecule has 0 radical (unpaired) electrons. The lowest BCUT2D eigenvalue weighted by molar-refractivity contribution is 0.102. The van der Waals surface area contributed by atoms with Crippen molar-refractivity contribution in [3.63, 3.8) is 0 Å². The van der Waals surface area contributed by atoms with Crippen LogP contribution in [0.4, 0.5) is 0 Å². The van der Waals surface area contributed by atoms with Crippen LogP contribution in [0.3, 0.4) is 0 Å². The van der Waals surface area contributed by atoms with Crippen molar-refractivity contribution in [3.8, 4) is 6.07 Å². The third-order valence-corrected chi connectivity index (χ3v) is 2.37. The van der Waals surface area contributed by atoms with Gasteiger partial charge >= 0.3 is 0 Å². The zero-order valence-electron chi connectivity index (χ0n) is 7.63. The van der Waals surface area contributed by atoms with Gasteiger partial charge in [0.1, 0.15) is 0 Å². The monoisotopic (exact) mass is 229 g/mol. The molecule has 0 bridgehead atoms. The van der Waals surface area contributed by atoms with Crippen LogP contribution in [-0.2, 0) is 4.74 Å². The van der Waals surface area contributed by atoms with E-state index in [1.165, 1.54) is 0 Å². The van der Waals surface area contributed by atoms with Crippen LogP contribution in [0.5, 0.6) is 0 Å². The lowest BCUT2D eigenvalue weighted by atomic mass is 10.1. The summed E-state index contributed by atoms with van der Waals surface area (Å²) < 4.78 is 5.21. The van der Waals surface area contributed by atoms with Gasteiger partial charge in [-0.3, -0.25) is 0 Å². The standard InChI is InChI=1S/C10H9Cl2NO/c1-2-14-9(6-13)10-7(11)4-3-5-8(10)12/h3-5,9H,2H2,1H3. The molecule has 14 heavy (non-hydrogen) atoms. The normalized spacial score (nSPS) is 12.1. The fraction of sp³-hybridized carbons (Fsp3) is 0.300. The van der Waals surface area contributed by atoms with Crippen LogP contribution in [0.1, 0.15) is 18.6 Å². The maximum atomic E-state index is 8.87. The fourth-order valence-electron chi connectivity index (χ4n) is 1.11. The van der Waals surface area contributed by atoms with E-state index in [9.17, 15) is 0 Å². The van der Waals surface area contributed by atoms with Gasteiger partial charge in [-0.2, -0.15) is 5.26 Å². The summed E-state index contributed by atoms with van der Waals surface area (Å²) in [4.78, 5) is 0. The van der Waals surface area contributed by atoms with Gasteiger partial charge in [0.05, 0.1) is 6.07 Å². The molecule has 4 heteroatoms. The van der Waals surface area contributed by atoms with Crippen LogP contribution in [0.2, 0.25) is 10.0 Å². The highest BCUT2D eigenvalue weighted by Crippen LogP contribution is 2.31. The van der Waals surface area contributed by atoms with Crippen LogP contribution in [0.25, 0.3) is 0 Å². The van der Waals surface area contributed by atoms with Crippen LogP contribution >= 0.6 is 23.2 Å². The highest BCUT2D eigenvalue weighted by atomic mass is 35.5. The average Bonchev–Trinajstić information content (AvgIpc) is 2.16. The first-order valence-corrected chi connectivity index (χ1v) is 4.91. The van der Waals surface area contributed by atoms with Crippen molar-refractivity contribution in [2.75, 3.05) is 6.61 Å². The quantitative estimate of drug-likeness (QED) is 0.794. The lowest BCUT2D eigenvalue weighted by Crippen LogP contribution is -2.03. The molecular weight excluding hydrogens is 221 g/mol. The molecular formula is C10H9Cl2NO. The van der Waals surface area contributed by atoms with Crippen LogP contribution in [0.15, 0.2) is 18.2 Å². The Kier molecular flexibility index (Phi) is 4.21. The summed E-state index contributed by atoms with van der Waals surface area (Å²) in [5, 5.41) is 9.78. The van der Waals surface area contributed by atoms with Crippen molar-refractivity contribution in [2.24, 2.45) is 0 Å². The Morgan fingerprint density at radius 2 is 2.00 bits per heavy atom. The maximum absolute atomic E-state index is 8.87. The Morgan fingerprint density at radius 1 is 1.43 bits per heavy atom. The molecule has 1 aromatic carbocycles. The fourth-order valence-corrected chi connectivity index (χ4v) is 1.71. The third kappa shape index (κ3) is 2.39. The first-order chi connectivity index (χ1) is 6.70. The molecule has 0 aliphatic carbocycles. The van der Waals surface area contributed by atoms with Crippen molar-refractivity contribution < 1.29 is 4.74 Å². The minimum atomic E-state index is -0.693. The number of rotatable bonds is 3. The second kappa shape index (κ2) is 5.21. The molecule has 1 atom stereocenters. The van der Waals surface area contributed by atoms with E-state index in [1.807, 2.05) is 13.0 Å². The summed E-state index contributed by atoms with van der Waals surface area (Å²) in [5.74, 6) is 0. The zero-order chi connectivity index (χ0) is 10.6. The molecule has 1 unspecified atom stereocenters. The van der Waals surface area contributed by atoms with Crippen molar-refractivity contribution in [2.45, 2.75) is 13.0 Å². The first-order valence-electron chi connectivity index (χ1n) is 4.15. The largest absolute Gasteiger partial charge is 0.359 e. The number of halogens is 2. The zero-order valence-corrected chi connectivity index (χ0v) is 9.14. The number of benzene rings is 1. The van der Waals surface area contributed by atoms with Gasteiger partial charge in [-0.25, -0.2) is 0 Å². The van der Waals surface area contributed by atoms with Gasteiger partial charge in [-0.05, 0) is 19.1 Å². The molecule has 1 aromatic rings. The minimum absolute atomic E-state index is 0.444. The Labute approximate surface area is 93.0 Å². The Balaban J connectivity index is 3.10. The van der Waals surface area contributed by atoms with E-state index in [2.05, 4.69) is 0 Å². The highest BCUT2D eigenvalue weighted by molar-refractivity contribution is 6.36. The first kappa shape index (κ1) is 11.3. The minimum Gasteiger partial charge on any atom is -0.359 e. The summed E-state index contributed by atoms with van der Waals surface area (Å²) in [6.45, 7) is 2.26. The maximum Gasteiger partial charge on any atom is 0.171 e. The summed E-state index contributed by atoms with van der Waals surface area (Å²) in [5.41, 5.74) is 0.542. The Morgan fingerprint density at radius 3 is 2.43 bits per heavy atom. The van der Waals surface area contributed by atoms with E-state index >= 15 is 0 Å². The van der Waals surface area contributed by atoms with E-state index in [4.69, 9.17) is 33.2 Å². The summed E-state index contributed by atoms with van der Waals surface area (Å²) >= 11 is 11.8. The smallest absolute Gasteiger partial charge is 0.171 e. The van der Waals surface area contributed by atoms with Gasteiger partial charge in [-0.1, -0.05) is 29.3 Å². The van der Waals surface area contributed by atoms with Gasteiger partial charge in [0.25, 0.3) is 0 Å². The van der Waals surface area contributed by atoms with E-state index < -0.39 is 6.10 Å². The van der Waals surface area contributed by atoms with Gasteiger partial charge in [0, 0.05) is 22.2 Å². The van der Waals surface area contributed by atoms with Crippen LogP contribution in [-0.4, -0.2) is 6.61 Å². The predicted octanol–water partition coefficient (Wildman–Crippen LogP) is 3.59. The predicted molar refractivity (Wildman–Crippen MR) is 56.4 cm³/mol. The molecule has 0 spiro atoms. The Bertz CT molecular complexity index is 339. The summed E-state index contributed by atoms with van der Waals surface area (Å²) in [6, 6.07) is 7.11. The Hall–Kier alpha value is -0.750. The van der Waals surface area contributed by atoms with Crippen molar-refractivity contribution in [1.29, 1.82) is 5.26 Å². The molecule has 0 aliphatic heterocycles. The molecule has 2 nitrogen and oxygen atoms in total. The molecule has 0 fully saturated rings. The summed E-state index contributed by atoms with van der Waals surface area (Å²) in [6.07, 6.45) is -0.693. The van der Waals surface area contributed by atoms with Crippen molar-refractivity contribution in [3.05, 3.63) is 33.8 Å². The van der Waals surface area contributed by atoms with Crippen LogP contribution < -0.4 is 0 Å². The summed E-state index contributed by atoms with van der Waals surface area (Å²) in [7, 11) is 0. The van der Waals surface area contributed by atoms with Gasteiger partial charge in [0.15, 0.2) is 6.10 Å². The molecule has 0 aliphatic rings. The van der Waals surface area contributed by atoms with Crippen molar-refractivity contribution >= 4 is 23.2 Å². The van der Waals surface area contributed by atoms with E-state index in [1.54, 1.807) is 18.2 Å². The molecule has 0 amide bonds. The highest BCUT2D eigenvalue weighted by Gasteiger charge is 2.17. The van der Waals surface area contributed by atoms with Crippen molar-refractivity contribution in [1.82, 2.24) is 0 Å². The van der Waals surface area contributed by atoms with Gasteiger partial charge in [-0.15, -0.1) is 0 Å². The van der Waals surface area contributed by atoms with E-state index in [0.717, 1.165) is 0 Å². The molecule has 74 valence electrons. The van der Waals surface area contributed by atoms with E-state index in [-0.39, 0.29) is 0 Å². The van der Waals surface area contributed by atoms with Crippen LogP contribution in [0, 0.1) is 11.3 Å². The number of hydrogen-bond donors (Lipinski definition) is 0. The second-order valence-corrected chi connectivity index (χ2v) is 3.41. The molecule has 0 saturated carbocycles. The topological polar surface area (TPSA) is 33.0 Å². The average molecular weight is 230 g/mol. The molecule has 0 N–H and O–H groups in total. The van der Waals surface area contributed by atoms with Gasteiger partial charge in [0.2, 0.25) is 0 Å². The molecule has 1 rings (SSSR count). The number of nitriles is 1. The third-order valence-electron chi connectivity index (χ3n) is 1.71. The van der Waals surface area contributed by atoms with Gasteiger partial charge < -0.3 is 4.74 Å². The molecule has 0 saturated heterocycles. The second-order valence-electron chi connectivity index (χ2n) is 2.60. The van der Waals surface area contributed by atoms with E-state index in [0.29, 0.717) is 22.2 Å². The lowest BCUT2D eigenvalue weighted by Gasteiger charge is -2.12. The number of hydrogen-bond acceptors (Lipinski definition) is 2. The number of ether oxygens (including phenoxy) is 1. The SMILES string of the molecule is CCOC(C#N)c1c(Cl)cccc1Cl.